The van der Waals surface area contributed by atoms with E-state index >= 15 is 0 Å². The average Bonchev–Trinajstić information content (AvgIpc) is 2.47. The van der Waals surface area contributed by atoms with Crippen LogP contribution in [-0.2, 0) is 6.54 Å². The molecule has 0 aliphatic carbocycles. The van der Waals surface area contributed by atoms with E-state index < -0.39 is 6.67 Å². The number of aldehydes is 1. The highest BCUT2D eigenvalue weighted by atomic mass is 19.1. The fourth-order valence-corrected chi connectivity index (χ4v) is 0.740. The summed E-state index contributed by atoms with van der Waals surface area (Å²) in [5, 5.41) is 7.10. The van der Waals surface area contributed by atoms with Crippen molar-refractivity contribution in [3.8, 4) is 0 Å². The van der Waals surface area contributed by atoms with E-state index in [1.54, 1.807) is 0 Å². The van der Waals surface area contributed by atoms with Crippen LogP contribution in [0.15, 0.2) is 6.20 Å². The van der Waals surface area contributed by atoms with Crippen molar-refractivity contribution in [2.24, 2.45) is 0 Å². The number of carbonyl (C=O) groups excluding carboxylic acids is 1. The summed E-state index contributed by atoms with van der Waals surface area (Å²) < 4.78 is 13.1. The van der Waals surface area contributed by atoms with E-state index in [9.17, 15) is 9.18 Å². The predicted molar refractivity (Wildman–Crippen MR) is 36.0 cm³/mol. The smallest absolute Gasteiger partial charge is 0.169 e. The average molecular weight is 157 g/mol. The van der Waals surface area contributed by atoms with Gasteiger partial charge >= 0.3 is 0 Å². The summed E-state index contributed by atoms with van der Waals surface area (Å²) in [4.78, 5) is 10.3. The highest BCUT2D eigenvalue weighted by Crippen LogP contribution is 1.94. The monoisotopic (exact) mass is 157 g/mol. The normalized spacial score (nSPS) is 9.91. The molecule has 0 amide bonds. The van der Waals surface area contributed by atoms with Gasteiger partial charge in [0.15, 0.2) is 6.29 Å². The SMILES string of the molecule is O=Cc1cnnn1CCCF. The van der Waals surface area contributed by atoms with Gasteiger partial charge in [-0.1, -0.05) is 5.21 Å². The van der Waals surface area contributed by atoms with Gasteiger partial charge in [0.2, 0.25) is 0 Å². The minimum Gasteiger partial charge on any atom is -0.296 e. The van der Waals surface area contributed by atoms with Gasteiger partial charge in [-0.05, 0) is 6.42 Å². The molecule has 1 aromatic heterocycles. The maximum atomic E-state index is 11.7. The lowest BCUT2D eigenvalue weighted by Gasteiger charge is -1.97. The first kappa shape index (κ1) is 7.84. The summed E-state index contributed by atoms with van der Waals surface area (Å²) in [5.41, 5.74) is 0.387. The molecule has 0 fully saturated rings. The Morgan fingerprint density at radius 3 is 3.18 bits per heavy atom. The van der Waals surface area contributed by atoms with Gasteiger partial charge in [0.1, 0.15) is 5.69 Å². The zero-order valence-corrected chi connectivity index (χ0v) is 5.90. The molecule has 0 saturated heterocycles. The summed E-state index contributed by atoms with van der Waals surface area (Å²) in [6.45, 7) is 0.00271. The zero-order chi connectivity index (χ0) is 8.10. The fraction of sp³-hybridized carbons (Fsp3) is 0.500. The standard InChI is InChI=1S/C6H8FN3O/c7-2-1-3-10-6(5-11)4-8-9-10/h4-5H,1-3H2. The number of rotatable bonds is 4. The molecule has 0 spiro atoms. The Balaban J connectivity index is 2.61. The van der Waals surface area contributed by atoms with Gasteiger partial charge in [-0.25, -0.2) is 4.68 Å². The van der Waals surface area contributed by atoms with E-state index in [1.807, 2.05) is 0 Å². The van der Waals surface area contributed by atoms with Crippen molar-refractivity contribution in [2.45, 2.75) is 13.0 Å². The first-order chi connectivity index (χ1) is 5.38. The number of halogens is 1. The number of alkyl halides is 1. The minimum atomic E-state index is -0.405. The van der Waals surface area contributed by atoms with Gasteiger partial charge in [0.05, 0.1) is 12.9 Å². The molecular weight excluding hydrogens is 149 g/mol. The second-order valence-corrected chi connectivity index (χ2v) is 2.04. The van der Waals surface area contributed by atoms with Gasteiger partial charge in [-0.15, -0.1) is 5.10 Å². The zero-order valence-electron chi connectivity index (χ0n) is 5.90. The van der Waals surface area contributed by atoms with Gasteiger partial charge in [-0.2, -0.15) is 0 Å². The van der Waals surface area contributed by atoms with Crippen molar-refractivity contribution in [2.75, 3.05) is 6.67 Å². The number of nitrogens with zero attached hydrogens (tertiary/aromatic N) is 3. The predicted octanol–water partition coefficient (Wildman–Crippen LogP) is 0.450. The largest absolute Gasteiger partial charge is 0.296 e. The molecular formula is C6H8FN3O. The molecule has 0 bridgehead atoms. The molecule has 0 aliphatic heterocycles. The highest BCUT2D eigenvalue weighted by Gasteiger charge is 2.00. The lowest BCUT2D eigenvalue weighted by molar-refractivity contribution is 0.111. The minimum absolute atomic E-state index is 0.365. The molecule has 1 aromatic rings. The van der Waals surface area contributed by atoms with Crippen LogP contribution < -0.4 is 0 Å². The molecule has 0 radical (unpaired) electrons. The number of hydrogen-bond acceptors (Lipinski definition) is 3. The summed E-state index contributed by atoms with van der Waals surface area (Å²) >= 11 is 0. The van der Waals surface area contributed by atoms with E-state index in [0.717, 1.165) is 0 Å². The highest BCUT2D eigenvalue weighted by molar-refractivity contribution is 5.71. The Bertz CT molecular complexity index is 235. The lowest BCUT2D eigenvalue weighted by atomic mass is 10.4. The van der Waals surface area contributed by atoms with Crippen molar-refractivity contribution in [3.63, 3.8) is 0 Å². The number of hydrogen-bond donors (Lipinski definition) is 0. The van der Waals surface area contributed by atoms with Gasteiger partial charge in [0.25, 0.3) is 0 Å². The molecule has 1 heterocycles. The van der Waals surface area contributed by atoms with Gasteiger partial charge < -0.3 is 0 Å². The fourth-order valence-electron chi connectivity index (χ4n) is 0.740. The molecule has 0 saturated carbocycles. The number of aromatic nitrogens is 3. The molecule has 1 rings (SSSR count). The quantitative estimate of drug-likeness (QED) is 0.596. The Hall–Kier alpha value is -1.26. The van der Waals surface area contributed by atoms with Crippen LogP contribution in [-0.4, -0.2) is 28.0 Å². The lowest BCUT2D eigenvalue weighted by Crippen LogP contribution is -2.04. The van der Waals surface area contributed by atoms with Crippen molar-refractivity contribution in [1.29, 1.82) is 0 Å². The van der Waals surface area contributed by atoms with Crippen LogP contribution in [0.25, 0.3) is 0 Å². The summed E-state index contributed by atoms with van der Waals surface area (Å²) in [6.07, 6.45) is 2.37. The van der Waals surface area contributed by atoms with Gasteiger partial charge in [0, 0.05) is 6.54 Å². The molecule has 0 atom stereocenters. The Morgan fingerprint density at radius 2 is 2.55 bits per heavy atom. The molecule has 0 unspecified atom stereocenters. The molecule has 5 heteroatoms. The molecule has 0 aliphatic rings. The van der Waals surface area contributed by atoms with E-state index in [2.05, 4.69) is 10.3 Å². The van der Waals surface area contributed by atoms with Crippen LogP contribution in [0.1, 0.15) is 16.9 Å². The van der Waals surface area contributed by atoms with E-state index in [4.69, 9.17) is 0 Å². The molecule has 0 aromatic carbocycles. The molecule has 60 valence electrons. The van der Waals surface area contributed by atoms with Crippen LogP contribution in [0.5, 0.6) is 0 Å². The third-order valence-corrected chi connectivity index (χ3v) is 1.27. The second-order valence-electron chi connectivity index (χ2n) is 2.04. The third kappa shape index (κ3) is 1.83. The van der Waals surface area contributed by atoms with Crippen LogP contribution in [0.3, 0.4) is 0 Å². The molecule has 11 heavy (non-hydrogen) atoms. The van der Waals surface area contributed by atoms with Crippen molar-refractivity contribution < 1.29 is 9.18 Å². The Labute approximate surface area is 63.0 Å². The summed E-state index contributed by atoms with van der Waals surface area (Å²) in [6, 6.07) is 0. The summed E-state index contributed by atoms with van der Waals surface area (Å²) in [5.74, 6) is 0. The van der Waals surface area contributed by atoms with E-state index in [-0.39, 0.29) is 0 Å². The maximum absolute atomic E-state index is 11.7. The number of aryl methyl sites for hydroxylation is 1. The Kier molecular flexibility index (Phi) is 2.71. The van der Waals surface area contributed by atoms with Crippen molar-refractivity contribution in [1.82, 2.24) is 15.0 Å². The molecule has 4 nitrogen and oxygen atoms in total. The maximum Gasteiger partial charge on any atom is 0.169 e. The van der Waals surface area contributed by atoms with Crippen LogP contribution in [0.4, 0.5) is 4.39 Å². The number of carbonyl (C=O) groups is 1. The third-order valence-electron chi connectivity index (χ3n) is 1.27. The van der Waals surface area contributed by atoms with E-state index in [0.29, 0.717) is 24.9 Å². The second kappa shape index (κ2) is 3.80. The van der Waals surface area contributed by atoms with Crippen LogP contribution in [0.2, 0.25) is 0 Å². The first-order valence-corrected chi connectivity index (χ1v) is 3.28. The van der Waals surface area contributed by atoms with Crippen LogP contribution in [0, 0.1) is 0 Å². The first-order valence-electron chi connectivity index (χ1n) is 3.28. The topological polar surface area (TPSA) is 47.8 Å². The van der Waals surface area contributed by atoms with Crippen LogP contribution >= 0.6 is 0 Å². The Morgan fingerprint density at radius 1 is 1.73 bits per heavy atom. The van der Waals surface area contributed by atoms with Gasteiger partial charge in [-0.3, -0.25) is 9.18 Å². The van der Waals surface area contributed by atoms with Crippen molar-refractivity contribution in [3.05, 3.63) is 11.9 Å². The summed E-state index contributed by atoms with van der Waals surface area (Å²) in [7, 11) is 0. The van der Waals surface area contributed by atoms with E-state index in [1.165, 1.54) is 10.9 Å². The molecule has 0 N–H and O–H groups in total. The van der Waals surface area contributed by atoms with Crippen molar-refractivity contribution >= 4 is 6.29 Å².